The van der Waals surface area contributed by atoms with E-state index in [2.05, 4.69) is 0 Å². The maximum atomic E-state index is 10.9. The van der Waals surface area contributed by atoms with E-state index in [4.69, 9.17) is 5.11 Å². The summed E-state index contributed by atoms with van der Waals surface area (Å²) >= 11 is 0. The molecule has 0 aliphatic rings. The van der Waals surface area contributed by atoms with Crippen LogP contribution in [0.3, 0.4) is 0 Å². The number of carbonyl (C=O) groups is 1. The third kappa shape index (κ3) is 2.18. The fourth-order valence-electron chi connectivity index (χ4n) is 2.20. The van der Waals surface area contributed by atoms with Crippen molar-refractivity contribution >= 4 is 16.9 Å². The largest absolute Gasteiger partial charge is 0.508 e. The lowest BCUT2D eigenvalue weighted by Crippen LogP contribution is -2.11. The molecule has 1 heterocycles. The third-order valence-corrected chi connectivity index (χ3v) is 3.24. The van der Waals surface area contributed by atoms with Gasteiger partial charge in [-0.05, 0) is 31.0 Å². The van der Waals surface area contributed by atoms with Crippen molar-refractivity contribution in [2.75, 3.05) is 0 Å². The van der Waals surface area contributed by atoms with Crippen molar-refractivity contribution in [3.8, 4) is 5.75 Å². The van der Waals surface area contributed by atoms with Gasteiger partial charge in [-0.3, -0.25) is 4.79 Å². The summed E-state index contributed by atoms with van der Waals surface area (Å²) in [5, 5.41) is 19.5. The zero-order valence-corrected chi connectivity index (χ0v) is 10.6. The Morgan fingerprint density at radius 3 is 2.78 bits per heavy atom. The molecule has 96 valence electrons. The van der Waals surface area contributed by atoms with Gasteiger partial charge in [-0.25, -0.2) is 0 Å². The van der Waals surface area contributed by atoms with E-state index in [1.54, 1.807) is 19.1 Å². The second kappa shape index (κ2) is 4.72. The highest BCUT2D eigenvalue weighted by atomic mass is 16.4. The molecule has 0 saturated carbocycles. The van der Waals surface area contributed by atoms with E-state index in [9.17, 15) is 9.90 Å². The number of hydrogen-bond acceptors (Lipinski definition) is 2. The maximum absolute atomic E-state index is 10.9. The summed E-state index contributed by atoms with van der Waals surface area (Å²) in [5.74, 6) is -0.964. The molecule has 4 heteroatoms. The highest BCUT2D eigenvalue weighted by Crippen LogP contribution is 2.27. The van der Waals surface area contributed by atoms with Gasteiger partial charge in [0.2, 0.25) is 0 Å². The molecule has 4 nitrogen and oxygen atoms in total. The number of carboxylic acid groups (broad SMARTS) is 1. The predicted octanol–water partition coefficient (Wildman–Crippen LogP) is 2.63. The van der Waals surface area contributed by atoms with Crippen molar-refractivity contribution in [3.63, 3.8) is 0 Å². The Balaban J connectivity index is 2.48. The molecular formula is C14H17NO3. The number of aliphatic carboxylic acids is 1. The van der Waals surface area contributed by atoms with Crippen molar-refractivity contribution in [1.82, 2.24) is 4.57 Å². The number of rotatable bonds is 4. The molecule has 18 heavy (non-hydrogen) atoms. The summed E-state index contributed by atoms with van der Waals surface area (Å²) in [5.41, 5.74) is 1.96. The molecule has 2 rings (SSSR count). The molecule has 0 fully saturated rings. The van der Waals surface area contributed by atoms with Crippen LogP contribution in [-0.2, 0) is 17.8 Å². The second-order valence-electron chi connectivity index (χ2n) is 4.59. The zero-order chi connectivity index (χ0) is 13.3. The number of nitrogens with zero attached hydrogens (tertiary/aromatic N) is 1. The van der Waals surface area contributed by atoms with Crippen LogP contribution in [0.15, 0.2) is 24.4 Å². The Hall–Kier alpha value is -1.97. The number of aromatic hydroxyl groups is 1. The molecule has 1 aromatic heterocycles. The van der Waals surface area contributed by atoms with Crippen LogP contribution in [-0.4, -0.2) is 20.7 Å². The molecule has 0 aliphatic carbocycles. The van der Waals surface area contributed by atoms with Crippen molar-refractivity contribution in [3.05, 3.63) is 30.0 Å². The number of benzene rings is 1. The summed E-state index contributed by atoms with van der Waals surface area (Å²) in [7, 11) is 0. The van der Waals surface area contributed by atoms with Gasteiger partial charge in [0, 0.05) is 24.2 Å². The predicted molar refractivity (Wildman–Crippen MR) is 69.8 cm³/mol. The summed E-state index contributed by atoms with van der Waals surface area (Å²) in [4.78, 5) is 10.9. The summed E-state index contributed by atoms with van der Waals surface area (Å²) in [6, 6.07) is 5.20. The SMILES string of the molecule is CCn1cc(CC(C)C(=O)O)c2ccc(O)cc21. The Morgan fingerprint density at radius 2 is 2.17 bits per heavy atom. The molecule has 0 amide bonds. The first-order valence-electron chi connectivity index (χ1n) is 6.06. The molecule has 0 bridgehead atoms. The molecule has 0 spiro atoms. The lowest BCUT2D eigenvalue weighted by molar-refractivity contribution is -0.141. The van der Waals surface area contributed by atoms with Gasteiger partial charge in [-0.2, -0.15) is 0 Å². The highest BCUT2D eigenvalue weighted by molar-refractivity contribution is 5.86. The molecule has 0 radical (unpaired) electrons. The summed E-state index contributed by atoms with van der Waals surface area (Å²) in [6.45, 7) is 4.52. The Labute approximate surface area is 105 Å². The first-order valence-corrected chi connectivity index (χ1v) is 6.06. The lowest BCUT2D eigenvalue weighted by atomic mass is 10.0. The van der Waals surface area contributed by atoms with Crippen molar-refractivity contribution in [2.24, 2.45) is 5.92 Å². The standard InChI is InChI=1S/C14H17NO3/c1-3-15-8-10(6-9(2)14(17)18)12-5-4-11(16)7-13(12)15/h4-5,7-9,16H,3,6H2,1-2H3,(H,17,18). The Morgan fingerprint density at radius 1 is 1.44 bits per heavy atom. The molecule has 0 saturated heterocycles. The summed E-state index contributed by atoms with van der Waals surface area (Å²) in [6.07, 6.45) is 2.48. The first-order chi connectivity index (χ1) is 8.52. The first kappa shape index (κ1) is 12.5. The van der Waals surface area contributed by atoms with Crippen LogP contribution >= 0.6 is 0 Å². The smallest absolute Gasteiger partial charge is 0.306 e. The normalized spacial score (nSPS) is 12.8. The van der Waals surface area contributed by atoms with E-state index in [1.807, 2.05) is 23.8 Å². The van der Waals surface area contributed by atoms with Gasteiger partial charge in [0.05, 0.1) is 11.4 Å². The average molecular weight is 247 g/mol. The number of aromatic nitrogens is 1. The Bertz CT molecular complexity index is 586. The molecule has 1 atom stereocenters. The maximum Gasteiger partial charge on any atom is 0.306 e. The number of phenolic OH excluding ortho intramolecular Hbond substituents is 1. The van der Waals surface area contributed by atoms with E-state index in [1.165, 1.54) is 0 Å². The van der Waals surface area contributed by atoms with Crippen LogP contribution in [0.2, 0.25) is 0 Å². The Kier molecular flexibility index (Phi) is 3.28. The van der Waals surface area contributed by atoms with Gasteiger partial charge >= 0.3 is 5.97 Å². The van der Waals surface area contributed by atoms with Gasteiger partial charge in [0.15, 0.2) is 0 Å². The molecular weight excluding hydrogens is 230 g/mol. The van der Waals surface area contributed by atoms with Crippen LogP contribution in [0.5, 0.6) is 5.75 Å². The molecule has 1 unspecified atom stereocenters. The number of phenols is 1. The minimum absolute atomic E-state index is 0.230. The van der Waals surface area contributed by atoms with Gasteiger partial charge in [0.1, 0.15) is 5.75 Å². The molecule has 2 N–H and O–H groups in total. The van der Waals surface area contributed by atoms with Crippen LogP contribution < -0.4 is 0 Å². The van der Waals surface area contributed by atoms with Gasteiger partial charge in [-0.15, -0.1) is 0 Å². The average Bonchev–Trinajstić information content (AvgIpc) is 2.66. The van der Waals surface area contributed by atoms with Crippen LogP contribution in [0, 0.1) is 5.92 Å². The van der Waals surface area contributed by atoms with Gasteiger partial charge in [-0.1, -0.05) is 6.92 Å². The van der Waals surface area contributed by atoms with Crippen molar-refractivity contribution < 1.29 is 15.0 Å². The lowest BCUT2D eigenvalue weighted by Gasteiger charge is -2.04. The van der Waals surface area contributed by atoms with Crippen LogP contribution in [0.25, 0.3) is 10.9 Å². The highest BCUT2D eigenvalue weighted by Gasteiger charge is 2.15. The quantitative estimate of drug-likeness (QED) is 0.873. The molecule has 1 aromatic carbocycles. The minimum atomic E-state index is -0.786. The van der Waals surface area contributed by atoms with Gasteiger partial charge < -0.3 is 14.8 Å². The van der Waals surface area contributed by atoms with E-state index in [-0.39, 0.29) is 5.75 Å². The molecule has 2 aromatic rings. The number of fused-ring (bicyclic) bond motifs is 1. The number of carboxylic acids is 1. The van der Waals surface area contributed by atoms with Crippen LogP contribution in [0.1, 0.15) is 19.4 Å². The minimum Gasteiger partial charge on any atom is -0.508 e. The van der Waals surface area contributed by atoms with Gasteiger partial charge in [0.25, 0.3) is 0 Å². The fraction of sp³-hybridized carbons (Fsp3) is 0.357. The summed E-state index contributed by atoms with van der Waals surface area (Å²) < 4.78 is 2.03. The zero-order valence-electron chi connectivity index (χ0n) is 10.6. The van der Waals surface area contributed by atoms with E-state index >= 15 is 0 Å². The number of aryl methyl sites for hydroxylation is 1. The van der Waals surface area contributed by atoms with E-state index in [0.717, 1.165) is 23.0 Å². The fourth-order valence-corrected chi connectivity index (χ4v) is 2.20. The molecule has 0 aliphatic heterocycles. The van der Waals surface area contributed by atoms with E-state index in [0.29, 0.717) is 6.42 Å². The topological polar surface area (TPSA) is 62.5 Å². The van der Waals surface area contributed by atoms with Crippen LogP contribution in [0.4, 0.5) is 0 Å². The monoisotopic (exact) mass is 247 g/mol. The number of hydrogen-bond donors (Lipinski definition) is 2. The second-order valence-corrected chi connectivity index (χ2v) is 4.59. The van der Waals surface area contributed by atoms with Crippen molar-refractivity contribution in [1.29, 1.82) is 0 Å². The third-order valence-electron chi connectivity index (χ3n) is 3.24. The van der Waals surface area contributed by atoms with E-state index < -0.39 is 11.9 Å². The van der Waals surface area contributed by atoms with Crippen molar-refractivity contribution in [2.45, 2.75) is 26.8 Å².